The Hall–Kier alpha value is -2.01. The number of fused-ring (bicyclic) bond motifs is 1. The Bertz CT molecular complexity index is 566. The van der Waals surface area contributed by atoms with Gasteiger partial charge in [0.2, 0.25) is 0 Å². The number of hydrogen-bond acceptors (Lipinski definition) is 4. The molecule has 2 heterocycles. The van der Waals surface area contributed by atoms with Crippen LogP contribution in [0.3, 0.4) is 0 Å². The lowest BCUT2D eigenvalue weighted by molar-refractivity contribution is 0.297. The summed E-state index contributed by atoms with van der Waals surface area (Å²) < 4.78 is 13.4. The normalized spacial score (nSPS) is 14.2. The number of benzene rings is 1. The molecule has 5 nitrogen and oxygen atoms in total. The maximum absolute atomic E-state index is 5.71. The number of aromatic nitrogens is 2. The molecule has 0 fully saturated rings. The van der Waals surface area contributed by atoms with E-state index in [4.69, 9.17) is 9.47 Å². The van der Waals surface area contributed by atoms with Crippen molar-refractivity contribution >= 4 is 0 Å². The molecule has 1 aliphatic heterocycles. The lowest BCUT2D eigenvalue weighted by Crippen LogP contribution is -2.11. The summed E-state index contributed by atoms with van der Waals surface area (Å²) >= 11 is 0. The molecular formula is C14H17N3O2. The van der Waals surface area contributed by atoms with Crippen LogP contribution in [-0.2, 0) is 6.54 Å². The maximum atomic E-state index is 5.71. The van der Waals surface area contributed by atoms with Crippen molar-refractivity contribution in [2.75, 3.05) is 20.3 Å². The largest absolute Gasteiger partial charge is 0.490 e. The highest BCUT2D eigenvalue weighted by molar-refractivity contribution is 5.49. The SMILES string of the molecule is CNCc1nccn1-c1ccc2c(c1)OCCCO2. The van der Waals surface area contributed by atoms with Gasteiger partial charge in [0, 0.05) is 24.9 Å². The van der Waals surface area contributed by atoms with Crippen molar-refractivity contribution in [2.45, 2.75) is 13.0 Å². The quantitative estimate of drug-likeness (QED) is 0.912. The topological polar surface area (TPSA) is 48.3 Å². The van der Waals surface area contributed by atoms with Crippen LogP contribution in [0.5, 0.6) is 11.5 Å². The second kappa shape index (κ2) is 5.32. The molecule has 0 saturated carbocycles. The minimum absolute atomic E-state index is 0.698. The summed E-state index contributed by atoms with van der Waals surface area (Å²) in [5.41, 5.74) is 1.03. The van der Waals surface area contributed by atoms with E-state index in [0.29, 0.717) is 13.2 Å². The van der Waals surface area contributed by atoms with Crippen LogP contribution in [0.15, 0.2) is 30.6 Å². The van der Waals surface area contributed by atoms with Gasteiger partial charge >= 0.3 is 0 Å². The number of hydrogen-bond donors (Lipinski definition) is 1. The van der Waals surface area contributed by atoms with Crippen molar-refractivity contribution in [1.29, 1.82) is 0 Å². The molecule has 1 aromatic heterocycles. The number of nitrogens with zero attached hydrogens (tertiary/aromatic N) is 2. The van der Waals surface area contributed by atoms with E-state index >= 15 is 0 Å². The van der Waals surface area contributed by atoms with Gasteiger partial charge in [-0.15, -0.1) is 0 Å². The van der Waals surface area contributed by atoms with Gasteiger partial charge in [0.1, 0.15) is 5.82 Å². The second-order valence-electron chi connectivity index (χ2n) is 4.43. The standard InChI is InChI=1S/C14H17N3O2/c1-15-10-14-16-5-6-17(14)11-3-4-12-13(9-11)19-8-2-7-18-12/h3-6,9,15H,2,7-8,10H2,1H3. The highest BCUT2D eigenvalue weighted by Gasteiger charge is 2.12. The van der Waals surface area contributed by atoms with E-state index in [1.165, 1.54) is 0 Å². The summed E-state index contributed by atoms with van der Waals surface area (Å²) in [7, 11) is 1.91. The maximum Gasteiger partial charge on any atom is 0.163 e. The summed E-state index contributed by atoms with van der Waals surface area (Å²) in [6.45, 7) is 2.13. The molecule has 0 saturated heterocycles. The van der Waals surface area contributed by atoms with E-state index < -0.39 is 0 Å². The van der Waals surface area contributed by atoms with E-state index in [1.807, 2.05) is 36.0 Å². The molecule has 3 rings (SSSR count). The average molecular weight is 259 g/mol. The highest BCUT2D eigenvalue weighted by atomic mass is 16.5. The molecule has 0 unspecified atom stereocenters. The van der Waals surface area contributed by atoms with Crippen LogP contribution in [0, 0.1) is 0 Å². The van der Waals surface area contributed by atoms with Crippen molar-refractivity contribution in [3.05, 3.63) is 36.4 Å². The summed E-state index contributed by atoms with van der Waals surface area (Å²) in [5.74, 6) is 2.59. The summed E-state index contributed by atoms with van der Waals surface area (Å²) in [6.07, 6.45) is 4.67. The molecule has 0 aliphatic carbocycles. The third-order valence-electron chi connectivity index (χ3n) is 3.06. The zero-order valence-corrected chi connectivity index (χ0v) is 10.9. The minimum Gasteiger partial charge on any atom is -0.490 e. The Morgan fingerprint density at radius 1 is 1.26 bits per heavy atom. The van der Waals surface area contributed by atoms with Crippen molar-refractivity contribution < 1.29 is 9.47 Å². The first-order valence-electron chi connectivity index (χ1n) is 6.45. The van der Waals surface area contributed by atoms with Crippen molar-refractivity contribution in [1.82, 2.24) is 14.9 Å². The van der Waals surface area contributed by atoms with Crippen LogP contribution in [0.1, 0.15) is 12.2 Å². The summed E-state index contributed by atoms with van der Waals surface area (Å²) in [6, 6.07) is 5.98. The monoisotopic (exact) mass is 259 g/mol. The van der Waals surface area contributed by atoms with Crippen molar-refractivity contribution in [2.24, 2.45) is 0 Å². The lowest BCUT2D eigenvalue weighted by atomic mass is 10.2. The lowest BCUT2D eigenvalue weighted by Gasteiger charge is -2.11. The van der Waals surface area contributed by atoms with Crippen LogP contribution in [-0.4, -0.2) is 29.8 Å². The van der Waals surface area contributed by atoms with E-state index in [0.717, 1.165) is 36.0 Å². The molecule has 0 radical (unpaired) electrons. The molecule has 0 amide bonds. The third kappa shape index (κ3) is 2.42. The van der Waals surface area contributed by atoms with Gasteiger partial charge in [-0.2, -0.15) is 0 Å². The van der Waals surface area contributed by atoms with Gasteiger partial charge in [0.05, 0.1) is 25.4 Å². The number of ether oxygens (including phenoxy) is 2. The third-order valence-corrected chi connectivity index (χ3v) is 3.06. The van der Waals surface area contributed by atoms with E-state index in [9.17, 15) is 0 Å². The highest BCUT2D eigenvalue weighted by Crippen LogP contribution is 2.31. The van der Waals surface area contributed by atoms with Gasteiger partial charge in [-0.3, -0.25) is 0 Å². The van der Waals surface area contributed by atoms with Crippen LogP contribution >= 0.6 is 0 Å². The Morgan fingerprint density at radius 2 is 2.11 bits per heavy atom. The molecule has 1 N–H and O–H groups in total. The molecule has 1 aliphatic rings. The molecule has 5 heteroatoms. The van der Waals surface area contributed by atoms with Crippen molar-refractivity contribution in [3.8, 4) is 17.2 Å². The second-order valence-corrected chi connectivity index (χ2v) is 4.43. The first kappa shape index (κ1) is 12.0. The van der Waals surface area contributed by atoms with Gasteiger partial charge in [0.15, 0.2) is 11.5 Å². The molecule has 2 aromatic rings. The van der Waals surface area contributed by atoms with E-state index in [1.54, 1.807) is 6.20 Å². The number of imidazole rings is 1. The zero-order valence-electron chi connectivity index (χ0n) is 10.9. The van der Waals surface area contributed by atoms with Crippen LogP contribution in [0.25, 0.3) is 5.69 Å². The van der Waals surface area contributed by atoms with Gasteiger partial charge in [-0.25, -0.2) is 4.98 Å². The molecule has 0 atom stereocenters. The molecule has 19 heavy (non-hydrogen) atoms. The molecular weight excluding hydrogens is 242 g/mol. The first-order valence-corrected chi connectivity index (χ1v) is 6.45. The van der Waals surface area contributed by atoms with Crippen LogP contribution in [0.4, 0.5) is 0 Å². The van der Waals surface area contributed by atoms with E-state index in [2.05, 4.69) is 10.3 Å². The van der Waals surface area contributed by atoms with Gasteiger partial charge in [0.25, 0.3) is 0 Å². The summed E-state index contributed by atoms with van der Waals surface area (Å²) in [5, 5.41) is 3.11. The Labute approximate surface area is 112 Å². The molecule has 0 bridgehead atoms. The summed E-state index contributed by atoms with van der Waals surface area (Å²) in [4.78, 5) is 4.34. The van der Waals surface area contributed by atoms with E-state index in [-0.39, 0.29) is 0 Å². The Morgan fingerprint density at radius 3 is 2.95 bits per heavy atom. The Kier molecular flexibility index (Phi) is 3.37. The smallest absolute Gasteiger partial charge is 0.163 e. The minimum atomic E-state index is 0.698. The molecule has 100 valence electrons. The predicted octanol–water partition coefficient (Wildman–Crippen LogP) is 1.75. The fourth-order valence-electron chi connectivity index (χ4n) is 2.16. The van der Waals surface area contributed by atoms with Gasteiger partial charge in [-0.05, 0) is 19.2 Å². The first-order chi connectivity index (χ1) is 9.38. The number of rotatable bonds is 3. The van der Waals surface area contributed by atoms with Crippen LogP contribution in [0.2, 0.25) is 0 Å². The van der Waals surface area contributed by atoms with Gasteiger partial charge in [-0.1, -0.05) is 0 Å². The predicted molar refractivity (Wildman–Crippen MR) is 71.9 cm³/mol. The fraction of sp³-hybridized carbons (Fsp3) is 0.357. The van der Waals surface area contributed by atoms with Crippen molar-refractivity contribution in [3.63, 3.8) is 0 Å². The van der Waals surface area contributed by atoms with Gasteiger partial charge < -0.3 is 19.4 Å². The fourth-order valence-corrected chi connectivity index (χ4v) is 2.16. The number of nitrogens with one attached hydrogen (secondary N) is 1. The van der Waals surface area contributed by atoms with Crippen LogP contribution < -0.4 is 14.8 Å². The average Bonchev–Trinajstić information content (AvgIpc) is 2.76. The molecule has 0 spiro atoms. The zero-order chi connectivity index (χ0) is 13.1. The Balaban J connectivity index is 1.97. The molecule has 1 aromatic carbocycles.